The Labute approximate surface area is 98.7 Å². The van der Waals surface area contributed by atoms with Gasteiger partial charge in [0.15, 0.2) is 5.78 Å². The lowest BCUT2D eigenvalue weighted by Gasteiger charge is -2.33. The highest BCUT2D eigenvalue weighted by Gasteiger charge is 2.38. The van der Waals surface area contributed by atoms with Crippen LogP contribution in [-0.4, -0.2) is 24.4 Å². The van der Waals surface area contributed by atoms with Crippen LogP contribution in [0, 0.1) is 5.41 Å². The molecule has 1 rings (SSSR count). The smallest absolute Gasteiger partial charge is 0.297 e. The molecule has 0 bridgehead atoms. The van der Waals surface area contributed by atoms with Crippen molar-refractivity contribution in [2.24, 2.45) is 5.41 Å². The molecule has 17 heavy (non-hydrogen) atoms. The summed E-state index contributed by atoms with van der Waals surface area (Å²) in [6.07, 6.45) is -4.38. The Morgan fingerprint density at radius 2 is 1.82 bits per heavy atom. The van der Waals surface area contributed by atoms with Crippen LogP contribution in [-0.2, 0) is 9.53 Å². The van der Waals surface area contributed by atoms with Crippen LogP contribution in [0.4, 0.5) is 13.2 Å². The van der Waals surface area contributed by atoms with E-state index in [9.17, 15) is 18.0 Å². The van der Waals surface area contributed by atoms with Crippen LogP contribution < -0.4 is 5.32 Å². The summed E-state index contributed by atoms with van der Waals surface area (Å²) in [7, 11) is 0. The third kappa shape index (κ3) is 4.63. The molecule has 6 heteroatoms. The summed E-state index contributed by atoms with van der Waals surface area (Å²) < 4.78 is 40.1. The summed E-state index contributed by atoms with van der Waals surface area (Å²) in [6, 6.07) is -0.545. The summed E-state index contributed by atoms with van der Waals surface area (Å²) in [6.45, 7) is 5.27. The van der Waals surface area contributed by atoms with Crippen molar-refractivity contribution in [3.63, 3.8) is 0 Å². The van der Waals surface area contributed by atoms with E-state index in [1.54, 1.807) is 20.8 Å². The molecule has 1 saturated heterocycles. The lowest BCUT2D eigenvalue weighted by atomic mass is 9.83. The van der Waals surface area contributed by atoms with Gasteiger partial charge in [0.05, 0.1) is 6.04 Å². The van der Waals surface area contributed by atoms with E-state index in [1.165, 1.54) is 0 Å². The molecule has 2 atom stereocenters. The van der Waals surface area contributed by atoms with Crippen LogP contribution >= 0.6 is 0 Å². The van der Waals surface area contributed by atoms with Gasteiger partial charge in [-0.05, 0) is 19.3 Å². The van der Waals surface area contributed by atoms with Gasteiger partial charge in [-0.2, -0.15) is 0 Å². The van der Waals surface area contributed by atoms with Gasteiger partial charge >= 0.3 is 6.36 Å². The molecule has 0 saturated carbocycles. The number of carbonyl (C=O) groups is 1. The van der Waals surface area contributed by atoms with Crippen molar-refractivity contribution >= 4 is 5.78 Å². The minimum atomic E-state index is -4.66. The molecular formula is C11H18F3NO2. The Bertz CT molecular complexity index is 283. The normalized spacial score (nSPS) is 26.9. The van der Waals surface area contributed by atoms with Crippen molar-refractivity contribution in [3.05, 3.63) is 0 Å². The average Bonchev–Trinajstić information content (AvgIpc) is 2.12. The number of piperidine rings is 1. The number of rotatable bonds is 2. The molecule has 0 aromatic heterocycles. The highest BCUT2D eigenvalue weighted by molar-refractivity contribution is 5.88. The molecule has 1 aliphatic heterocycles. The van der Waals surface area contributed by atoms with E-state index >= 15 is 0 Å². The molecule has 1 N–H and O–H groups in total. The number of Topliss-reactive ketones (excluding diaryl/α,β-unsaturated/α-hetero) is 1. The van der Waals surface area contributed by atoms with Crippen molar-refractivity contribution in [2.75, 3.05) is 0 Å². The zero-order valence-corrected chi connectivity index (χ0v) is 10.2. The zero-order chi connectivity index (χ0) is 13.3. The summed E-state index contributed by atoms with van der Waals surface area (Å²) in [4.78, 5) is 11.9. The molecule has 3 nitrogen and oxygen atoms in total. The molecule has 1 heterocycles. The van der Waals surface area contributed by atoms with Crippen molar-refractivity contribution < 1.29 is 22.7 Å². The second kappa shape index (κ2) is 4.94. The van der Waals surface area contributed by atoms with Crippen LogP contribution in [0.15, 0.2) is 0 Å². The van der Waals surface area contributed by atoms with Crippen molar-refractivity contribution in [2.45, 2.75) is 58.7 Å². The van der Waals surface area contributed by atoms with Crippen LogP contribution in [0.1, 0.15) is 40.0 Å². The number of alkyl halides is 3. The van der Waals surface area contributed by atoms with Crippen LogP contribution in [0.3, 0.4) is 0 Å². The SMILES string of the molecule is CC(C)(C)C(=O)C1CCCC(OC(F)(F)F)N1. The highest BCUT2D eigenvalue weighted by atomic mass is 19.4. The Morgan fingerprint density at radius 1 is 1.24 bits per heavy atom. The van der Waals surface area contributed by atoms with Crippen LogP contribution in [0.5, 0.6) is 0 Å². The topological polar surface area (TPSA) is 38.3 Å². The monoisotopic (exact) mass is 253 g/mol. The Morgan fingerprint density at radius 3 is 2.29 bits per heavy atom. The van der Waals surface area contributed by atoms with E-state index in [0.29, 0.717) is 12.8 Å². The Kier molecular flexibility index (Phi) is 4.19. The van der Waals surface area contributed by atoms with Gasteiger partial charge in [0.25, 0.3) is 0 Å². The highest BCUT2D eigenvalue weighted by Crippen LogP contribution is 2.26. The molecule has 0 radical (unpaired) electrons. The molecule has 0 amide bonds. The summed E-state index contributed by atoms with van der Waals surface area (Å²) in [5, 5.41) is 2.62. The standard InChI is InChI=1S/C11H18F3NO2/c1-10(2,3)9(16)7-5-4-6-8(15-7)17-11(12,13)14/h7-8,15H,4-6H2,1-3H3. The summed E-state index contributed by atoms with van der Waals surface area (Å²) >= 11 is 0. The molecular weight excluding hydrogens is 235 g/mol. The Hall–Kier alpha value is -0.620. The molecule has 100 valence electrons. The van der Waals surface area contributed by atoms with E-state index in [-0.39, 0.29) is 12.2 Å². The van der Waals surface area contributed by atoms with Gasteiger partial charge in [-0.15, -0.1) is 13.2 Å². The third-order valence-corrected chi connectivity index (χ3v) is 2.68. The molecule has 0 aromatic rings. The minimum absolute atomic E-state index is 0.0759. The Balaban J connectivity index is 2.58. The molecule has 2 unspecified atom stereocenters. The zero-order valence-electron chi connectivity index (χ0n) is 10.2. The number of halogens is 3. The maximum Gasteiger partial charge on any atom is 0.524 e. The fraction of sp³-hybridized carbons (Fsp3) is 0.909. The lowest BCUT2D eigenvalue weighted by Crippen LogP contribution is -2.52. The van der Waals surface area contributed by atoms with Crippen molar-refractivity contribution in [1.82, 2.24) is 5.32 Å². The van der Waals surface area contributed by atoms with Crippen molar-refractivity contribution in [3.8, 4) is 0 Å². The quantitative estimate of drug-likeness (QED) is 0.822. The van der Waals surface area contributed by atoms with Gasteiger partial charge in [-0.25, -0.2) is 0 Å². The molecule has 0 aromatic carbocycles. The first-order valence-corrected chi connectivity index (χ1v) is 5.64. The fourth-order valence-electron chi connectivity index (χ4n) is 1.88. The van der Waals surface area contributed by atoms with Gasteiger partial charge in [0.1, 0.15) is 6.23 Å². The maximum atomic E-state index is 12.1. The molecule has 1 fully saturated rings. The van der Waals surface area contributed by atoms with Gasteiger partial charge in [-0.3, -0.25) is 14.8 Å². The fourth-order valence-corrected chi connectivity index (χ4v) is 1.88. The lowest BCUT2D eigenvalue weighted by molar-refractivity contribution is -0.349. The molecule has 0 aliphatic carbocycles. The minimum Gasteiger partial charge on any atom is -0.297 e. The number of nitrogens with one attached hydrogen (secondary N) is 1. The van der Waals surface area contributed by atoms with Crippen molar-refractivity contribution in [1.29, 1.82) is 0 Å². The predicted octanol–water partition coefficient (Wildman–Crippen LogP) is 2.61. The number of carbonyl (C=O) groups excluding carboxylic acids is 1. The number of hydrogen-bond acceptors (Lipinski definition) is 3. The molecule has 1 aliphatic rings. The first-order chi connectivity index (χ1) is 7.59. The van der Waals surface area contributed by atoms with E-state index in [2.05, 4.69) is 10.1 Å². The number of ether oxygens (including phenoxy) is 1. The second-order valence-corrected chi connectivity index (χ2v) is 5.32. The van der Waals surface area contributed by atoms with E-state index in [0.717, 1.165) is 0 Å². The number of hydrogen-bond donors (Lipinski definition) is 1. The predicted molar refractivity (Wildman–Crippen MR) is 56.2 cm³/mol. The average molecular weight is 253 g/mol. The van der Waals surface area contributed by atoms with Crippen LogP contribution in [0.25, 0.3) is 0 Å². The number of ketones is 1. The molecule has 0 spiro atoms. The van der Waals surface area contributed by atoms with Gasteiger partial charge in [0, 0.05) is 5.41 Å². The van der Waals surface area contributed by atoms with E-state index in [1.807, 2.05) is 0 Å². The van der Waals surface area contributed by atoms with Crippen LogP contribution in [0.2, 0.25) is 0 Å². The largest absolute Gasteiger partial charge is 0.524 e. The summed E-state index contributed by atoms with van der Waals surface area (Å²) in [5.41, 5.74) is -0.558. The van der Waals surface area contributed by atoms with E-state index < -0.39 is 24.0 Å². The van der Waals surface area contributed by atoms with Gasteiger partial charge in [0.2, 0.25) is 0 Å². The summed E-state index contributed by atoms with van der Waals surface area (Å²) in [5.74, 6) is -0.0759. The van der Waals surface area contributed by atoms with Gasteiger partial charge < -0.3 is 0 Å². The van der Waals surface area contributed by atoms with Gasteiger partial charge in [-0.1, -0.05) is 20.8 Å². The first-order valence-electron chi connectivity index (χ1n) is 5.64. The first kappa shape index (κ1) is 14.4. The maximum absolute atomic E-state index is 12.1. The third-order valence-electron chi connectivity index (χ3n) is 2.68. The van der Waals surface area contributed by atoms with E-state index in [4.69, 9.17) is 0 Å². The second-order valence-electron chi connectivity index (χ2n) is 5.32.